The number of hydrogen-bond acceptors (Lipinski definition) is 5. The fourth-order valence-corrected chi connectivity index (χ4v) is 5.58. The summed E-state index contributed by atoms with van der Waals surface area (Å²) < 4.78 is 33.5. The van der Waals surface area contributed by atoms with E-state index in [-0.39, 0.29) is 16.5 Å². The molecular formula is C28H25BrClFN2O5. The van der Waals surface area contributed by atoms with Gasteiger partial charge in [-0.1, -0.05) is 39.7 Å². The maximum atomic E-state index is 15.3. The summed E-state index contributed by atoms with van der Waals surface area (Å²) in [6.07, 6.45) is 0.150. The first-order valence-electron chi connectivity index (χ1n) is 12.1. The topological polar surface area (TPSA) is 77.1 Å². The number of piperidine rings is 1. The van der Waals surface area contributed by atoms with Gasteiger partial charge in [-0.25, -0.2) is 9.18 Å². The van der Waals surface area contributed by atoms with E-state index in [1.807, 2.05) is 24.3 Å². The fraction of sp³-hybridized carbons (Fsp3) is 0.286. The van der Waals surface area contributed by atoms with Gasteiger partial charge < -0.3 is 19.1 Å². The second kappa shape index (κ2) is 10.5. The number of anilines is 1. The Bertz CT molecular complexity index is 1400. The zero-order valence-electron chi connectivity index (χ0n) is 20.7. The van der Waals surface area contributed by atoms with Crippen molar-refractivity contribution in [3.8, 4) is 11.5 Å². The quantitative estimate of drug-likeness (QED) is 0.343. The van der Waals surface area contributed by atoms with Gasteiger partial charge in [0.15, 0.2) is 22.9 Å². The van der Waals surface area contributed by atoms with E-state index >= 15 is 4.39 Å². The number of methoxy groups -OCH3 is 1. The number of rotatable bonds is 5. The van der Waals surface area contributed by atoms with E-state index in [1.165, 1.54) is 13.2 Å². The maximum absolute atomic E-state index is 15.3. The molecule has 38 heavy (non-hydrogen) atoms. The molecule has 1 saturated heterocycles. The Balaban J connectivity index is 1.42. The van der Waals surface area contributed by atoms with Crippen molar-refractivity contribution in [1.82, 2.24) is 4.90 Å². The van der Waals surface area contributed by atoms with Gasteiger partial charge in [-0.15, -0.1) is 0 Å². The van der Waals surface area contributed by atoms with Gasteiger partial charge in [0, 0.05) is 16.6 Å². The van der Waals surface area contributed by atoms with Crippen LogP contribution in [0.2, 0.25) is 5.02 Å². The SMILES string of the molecule is COc1cc(C(=O)N2CCCC3(OC(=O)Nc4ccc(Cl)c(F)c43)C2C)ccc1OCc1ccc(Br)cc1. The van der Waals surface area contributed by atoms with Crippen molar-refractivity contribution in [2.75, 3.05) is 19.0 Å². The third kappa shape index (κ3) is 4.69. The lowest BCUT2D eigenvalue weighted by atomic mass is 9.77. The highest BCUT2D eigenvalue weighted by Gasteiger charge is 2.53. The lowest BCUT2D eigenvalue weighted by Crippen LogP contribution is -2.59. The normalized spacial score (nSPS) is 20.4. The Hall–Kier alpha value is -3.30. The highest BCUT2D eigenvalue weighted by atomic mass is 79.9. The number of amides is 2. The Kier molecular flexibility index (Phi) is 7.24. The van der Waals surface area contributed by atoms with Crippen LogP contribution in [0.4, 0.5) is 14.9 Å². The van der Waals surface area contributed by atoms with Gasteiger partial charge in [-0.05, 0) is 67.8 Å². The molecule has 2 aliphatic rings. The minimum atomic E-state index is -1.38. The molecule has 2 amide bonds. The summed E-state index contributed by atoms with van der Waals surface area (Å²) in [6, 6.07) is 15.0. The van der Waals surface area contributed by atoms with Gasteiger partial charge >= 0.3 is 6.09 Å². The van der Waals surface area contributed by atoms with Crippen LogP contribution in [0.5, 0.6) is 11.5 Å². The average molecular weight is 604 g/mol. The van der Waals surface area contributed by atoms with Crippen LogP contribution in [0.25, 0.3) is 0 Å². The van der Waals surface area contributed by atoms with Crippen molar-refractivity contribution >= 4 is 45.2 Å². The number of fused-ring (bicyclic) bond motifs is 2. The zero-order chi connectivity index (χ0) is 27.0. The molecule has 5 rings (SSSR count). The molecule has 0 saturated carbocycles. The summed E-state index contributed by atoms with van der Waals surface area (Å²) in [6.45, 7) is 2.50. The monoisotopic (exact) mass is 602 g/mol. The molecule has 2 aliphatic heterocycles. The van der Waals surface area contributed by atoms with Crippen LogP contribution >= 0.6 is 27.5 Å². The minimum Gasteiger partial charge on any atom is -0.493 e. The summed E-state index contributed by atoms with van der Waals surface area (Å²) in [5, 5.41) is 2.47. The van der Waals surface area contributed by atoms with E-state index in [1.54, 1.807) is 36.1 Å². The third-order valence-electron chi connectivity index (χ3n) is 7.10. The average Bonchev–Trinajstić information content (AvgIpc) is 2.91. The standard InChI is InChI=1S/C28H25BrClFN2O5/c1-16-28(24-21(32-27(35)38-28)10-9-20(30)25(24)31)12-3-13-33(16)26(34)18-6-11-22(23(14-18)36-2)37-15-17-4-7-19(29)8-5-17/h4-11,14,16H,3,12-13,15H2,1-2H3,(H,32,35). The number of benzene rings is 3. The van der Waals surface area contributed by atoms with Gasteiger partial charge in [0.1, 0.15) is 6.61 Å². The van der Waals surface area contributed by atoms with Crippen molar-refractivity contribution in [3.63, 3.8) is 0 Å². The van der Waals surface area contributed by atoms with E-state index in [4.69, 9.17) is 25.8 Å². The van der Waals surface area contributed by atoms with Crippen molar-refractivity contribution < 1.29 is 28.2 Å². The first kappa shape index (κ1) is 26.3. The molecule has 7 nitrogen and oxygen atoms in total. The molecule has 1 fully saturated rings. The van der Waals surface area contributed by atoms with Crippen LogP contribution in [-0.4, -0.2) is 36.6 Å². The van der Waals surface area contributed by atoms with E-state index in [0.29, 0.717) is 48.7 Å². The number of nitrogens with one attached hydrogen (secondary N) is 1. The highest BCUT2D eigenvalue weighted by Crippen LogP contribution is 2.48. The molecule has 0 aromatic heterocycles. The molecule has 198 valence electrons. The molecule has 0 radical (unpaired) electrons. The predicted molar refractivity (Wildman–Crippen MR) is 144 cm³/mol. The number of halogens is 3. The second-order valence-corrected chi connectivity index (χ2v) is 10.6. The van der Waals surface area contributed by atoms with Crippen LogP contribution in [0.15, 0.2) is 59.1 Å². The minimum absolute atomic E-state index is 0.0815. The number of hydrogen-bond donors (Lipinski definition) is 1. The van der Waals surface area contributed by atoms with Gasteiger partial charge in [0.25, 0.3) is 5.91 Å². The molecule has 1 N–H and O–H groups in total. The highest BCUT2D eigenvalue weighted by molar-refractivity contribution is 9.10. The van der Waals surface area contributed by atoms with Crippen LogP contribution < -0.4 is 14.8 Å². The van der Waals surface area contributed by atoms with Crippen LogP contribution in [0, 0.1) is 5.82 Å². The largest absolute Gasteiger partial charge is 0.493 e. The molecule has 3 aromatic carbocycles. The Morgan fingerprint density at radius 2 is 1.97 bits per heavy atom. The van der Waals surface area contributed by atoms with Gasteiger partial charge in [-0.2, -0.15) is 0 Å². The number of nitrogens with zero attached hydrogens (tertiary/aromatic N) is 1. The summed E-state index contributed by atoms with van der Waals surface area (Å²) >= 11 is 9.51. The van der Waals surface area contributed by atoms with Gasteiger partial charge in [0.2, 0.25) is 0 Å². The first-order chi connectivity index (χ1) is 18.2. The number of carbonyl (C=O) groups is 2. The molecule has 2 heterocycles. The van der Waals surface area contributed by atoms with Crippen molar-refractivity contribution in [1.29, 1.82) is 0 Å². The number of carbonyl (C=O) groups excluding carboxylic acids is 2. The van der Waals surface area contributed by atoms with E-state index in [0.717, 1.165) is 10.0 Å². The van der Waals surface area contributed by atoms with Gasteiger partial charge in [-0.3, -0.25) is 10.1 Å². The number of likely N-dealkylation sites (tertiary alicyclic amines) is 1. The third-order valence-corrected chi connectivity index (χ3v) is 7.92. The molecule has 2 unspecified atom stereocenters. The van der Waals surface area contributed by atoms with Crippen molar-refractivity contribution in [2.45, 2.75) is 38.0 Å². The van der Waals surface area contributed by atoms with Crippen LogP contribution in [0.1, 0.15) is 41.3 Å². The van der Waals surface area contributed by atoms with Crippen LogP contribution in [-0.2, 0) is 16.9 Å². The number of ether oxygens (including phenoxy) is 3. The molecule has 1 spiro atoms. The summed E-state index contributed by atoms with van der Waals surface area (Å²) in [5.41, 5.74) is 0.418. The second-order valence-electron chi connectivity index (χ2n) is 9.25. The summed E-state index contributed by atoms with van der Waals surface area (Å²) in [5.74, 6) is -0.0657. The predicted octanol–water partition coefficient (Wildman–Crippen LogP) is 6.91. The smallest absolute Gasteiger partial charge is 0.412 e. The molecule has 10 heteroatoms. The fourth-order valence-electron chi connectivity index (χ4n) is 5.16. The zero-order valence-corrected chi connectivity index (χ0v) is 23.1. The summed E-state index contributed by atoms with van der Waals surface area (Å²) in [4.78, 5) is 27.8. The van der Waals surface area contributed by atoms with Crippen molar-refractivity contribution in [2.24, 2.45) is 0 Å². The molecule has 0 bridgehead atoms. The maximum Gasteiger partial charge on any atom is 0.412 e. The van der Waals surface area contributed by atoms with E-state index < -0.39 is 23.6 Å². The van der Waals surface area contributed by atoms with E-state index in [9.17, 15) is 9.59 Å². The lowest BCUT2D eigenvalue weighted by Gasteiger charge is -2.50. The first-order valence-corrected chi connectivity index (χ1v) is 13.3. The Labute approximate surface area is 232 Å². The van der Waals surface area contributed by atoms with Gasteiger partial charge in [0.05, 0.1) is 29.4 Å². The summed E-state index contributed by atoms with van der Waals surface area (Å²) in [7, 11) is 1.51. The Morgan fingerprint density at radius 1 is 1.21 bits per heavy atom. The van der Waals surface area contributed by atoms with Crippen molar-refractivity contribution in [3.05, 3.63) is 86.6 Å². The molecule has 3 aromatic rings. The lowest BCUT2D eigenvalue weighted by molar-refractivity contribution is -0.0770. The molecule has 2 atom stereocenters. The molecular weight excluding hydrogens is 579 g/mol. The van der Waals surface area contributed by atoms with E-state index in [2.05, 4.69) is 21.2 Å². The van der Waals surface area contributed by atoms with Crippen LogP contribution in [0.3, 0.4) is 0 Å². The molecule has 0 aliphatic carbocycles. The Morgan fingerprint density at radius 3 is 2.71 bits per heavy atom.